The number of carbonyl (C=O) groups excluding carboxylic acids is 1. The fraction of sp³-hybridized carbons (Fsp3) is 0.917. The lowest BCUT2D eigenvalue weighted by Gasteiger charge is -2.43. The highest BCUT2D eigenvalue weighted by Gasteiger charge is 2.41. The fourth-order valence-corrected chi connectivity index (χ4v) is 2.68. The van der Waals surface area contributed by atoms with Crippen LogP contribution in [0.15, 0.2) is 0 Å². The van der Waals surface area contributed by atoms with E-state index >= 15 is 0 Å². The number of amides is 1. The molecule has 2 rings (SSSR count). The van der Waals surface area contributed by atoms with Crippen molar-refractivity contribution in [2.45, 2.75) is 31.3 Å². The predicted octanol–water partition coefficient (Wildman–Crippen LogP) is -0.343. The van der Waals surface area contributed by atoms with Crippen LogP contribution < -0.4 is 5.73 Å². The molecule has 0 aliphatic carbocycles. The Morgan fingerprint density at radius 2 is 2.00 bits per heavy atom. The van der Waals surface area contributed by atoms with Gasteiger partial charge in [-0.25, -0.2) is 0 Å². The van der Waals surface area contributed by atoms with E-state index in [1.165, 1.54) is 0 Å². The van der Waals surface area contributed by atoms with Crippen molar-refractivity contribution < 1.29 is 9.53 Å². The second-order valence-electron chi connectivity index (χ2n) is 5.38. The zero-order chi connectivity index (χ0) is 12.5. The number of hydrogen-bond donors (Lipinski definition) is 1. The van der Waals surface area contributed by atoms with Crippen molar-refractivity contribution in [3.05, 3.63) is 0 Å². The highest BCUT2D eigenvalue weighted by Crippen LogP contribution is 2.22. The molecule has 0 spiro atoms. The van der Waals surface area contributed by atoms with Crippen LogP contribution in [0.3, 0.4) is 0 Å². The normalized spacial score (nSPS) is 30.3. The Hall–Kier alpha value is -0.650. The monoisotopic (exact) mass is 241 g/mol. The Balaban J connectivity index is 2.03. The number of nitrogens with zero attached hydrogens (tertiary/aromatic N) is 2. The molecule has 5 heteroatoms. The average molecular weight is 241 g/mol. The number of ether oxygens (including phenoxy) is 1. The number of likely N-dealkylation sites (N-methyl/N-ethyl adjacent to an activating group) is 1. The predicted molar refractivity (Wildman–Crippen MR) is 65.6 cm³/mol. The highest BCUT2D eigenvalue weighted by molar-refractivity contribution is 5.86. The highest BCUT2D eigenvalue weighted by atomic mass is 16.5. The van der Waals surface area contributed by atoms with E-state index in [1.54, 1.807) is 0 Å². The van der Waals surface area contributed by atoms with E-state index in [4.69, 9.17) is 10.5 Å². The molecular formula is C12H23N3O2. The summed E-state index contributed by atoms with van der Waals surface area (Å²) >= 11 is 0. The van der Waals surface area contributed by atoms with Gasteiger partial charge in [0, 0.05) is 38.9 Å². The van der Waals surface area contributed by atoms with Gasteiger partial charge in [0.1, 0.15) is 0 Å². The molecule has 2 saturated heterocycles. The Morgan fingerprint density at radius 1 is 1.35 bits per heavy atom. The third-order valence-corrected chi connectivity index (χ3v) is 3.90. The first-order valence-corrected chi connectivity index (χ1v) is 6.39. The molecule has 0 aromatic carbocycles. The van der Waals surface area contributed by atoms with E-state index in [0.29, 0.717) is 26.1 Å². The Labute approximate surface area is 103 Å². The molecule has 2 aliphatic rings. The second-order valence-corrected chi connectivity index (χ2v) is 5.38. The minimum atomic E-state index is -0.692. The smallest absolute Gasteiger partial charge is 0.243 e. The lowest BCUT2D eigenvalue weighted by molar-refractivity contribution is -0.144. The molecule has 0 saturated carbocycles. The van der Waals surface area contributed by atoms with Crippen molar-refractivity contribution in [2.24, 2.45) is 5.73 Å². The van der Waals surface area contributed by atoms with E-state index in [1.807, 2.05) is 4.90 Å². The van der Waals surface area contributed by atoms with E-state index in [9.17, 15) is 4.79 Å². The first-order chi connectivity index (χ1) is 8.03. The number of rotatable bonds is 1. The van der Waals surface area contributed by atoms with Gasteiger partial charge in [-0.15, -0.1) is 0 Å². The van der Waals surface area contributed by atoms with Gasteiger partial charge in [-0.05, 0) is 26.8 Å². The number of nitrogens with two attached hydrogens (primary N) is 1. The van der Waals surface area contributed by atoms with E-state index in [-0.39, 0.29) is 11.9 Å². The van der Waals surface area contributed by atoms with Crippen molar-refractivity contribution in [1.82, 2.24) is 9.80 Å². The summed E-state index contributed by atoms with van der Waals surface area (Å²) in [6, 6.07) is 0.254. The van der Waals surface area contributed by atoms with Crippen LogP contribution in [0, 0.1) is 0 Å². The Bertz CT molecular complexity index is 289. The third kappa shape index (κ3) is 2.61. The molecule has 1 atom stereocenters. The lowest BCUT2D eigenvalue weighted by Crippen LogP contribution is -2.63. The molecule has 0 aromatic rings. The second kappa shape index (κ2) is 4.92. The summed E-state index contributed by atoms with van der Waals surface area (Å²) in [6.07, 6.45) is 1.29. The molecule has 0 aromatic heterocycles. The molecule has 2 fully saturated rings. The van der Waals surface area contributed by atoms with Gasteiger partial charge in [0.25, 0.3) is 0 Å². The molecule has 17 heavy (non-hydrogen) atoms. The van der Waals surface area contributed by atoms with E-state index < -0.39 is 5.54 Å². The van der Waals surface area contributed by atoms with Gasteiger partial charge < -0.3 is 20.3 Å². The fourth-order valence-electron chi connectivity index (χ4n) is 2.68. The molecule has 0 radical (unpaired) electrons. The maximum absolute atomic E-state index is 12.5. The molecule has 2 N–H and O–H groups in total. The van der Waals surface area contributed by atoms with Crippen LogP contribution in [-0.2, 0) is 9.53 Å². The van der Waals surface area contributed by atoms with Crippen molar-refractivity contribution in [1.29, 1.82) is 0 Å². The van der Waals surface area contributed by atoms with Crippen LogP contribution in [0.1, 0.15) is 19.8 Å². The minimum absolute atomic E-state index is 0.112. The van der Waals surface area contributed by atoms with Gasteiger partial charge in [-0.3, -0.25) is 4.79 Å². The molecule has 5 nitrogen and oxygen atoms in total. The molecule has 2 heterocycles. The summed E-state index contributed by atoms with van der Waals surface area (Å²) in [5, 5.41) is 0. The van der Waals surface area contributed by atoms with Gasteiger partial charge >= 0.3 is 0 Å². The number of piperazine rings is 1. The van der Waals surface area contributed by atoms with Crippen molar-refractivity contribution in [3.8, 4) is 0 Å². The van der Waals surface area contributed by atoms with Gasteiger partial charge in [0.05, 0.1) is 5.54 Å². The summed E-state index contributed by atoms with van der Waals surface area (Å²) in [4.78, 5) is 16.7. The molecule has 2 aliphatic heterocycles. The zero-order valence-electron chi connectivity index (χ0n) is 10.8. The maximum atomic E-state index is 12.5. The van der Waals surface area contributed by atoms with Crippen LogP contribution in [0.25, 0.3) is 0 Å². The van der Waals surface area contributed by atoms with Gasteiger partial charge in [-0.1, -0.05) is 0 Å². The number of hydrogen-bond acceptors (Lipinski definition) is 4. The molecule has 1 unspecified atom stereocenters. The van der Waals surface area contributed by atoms with Crippen LogP contribution in [-0.4, -0.2) is 67.2 Å². The first kappa shape index (κ1) is 12.8. The minimum Gasteiger partial charge on any atom is -0.381 e. The van der Waals surface area contributed by atoms with Gasteiger partial charge in [0.15, 0.2) is 0 Å². The summed E-state index contributed by atoms with van der Waals surface area (Å²) in [5.74, 6) is 0.112. The quantitative estimate of drug-likeness (QED) is 0.682. The lowest BCUT2D eigenvalue weighted by atomic mass is 9.89. The Morgan fingerprint density at radius 3 is 2.59 bits per heavy atom. The van der Waals surface area contributed by atoms with Crippen molar-refractivity contribution >= 4 is 5.91 Å². The summed E-state index contributed by atoms with van der Waals surface area (Å²) in [5.41, 5.74) is 5.55. The molecular weight excluding hydrogens is 218 g/mol. The van der Waals surface area contributed by atoms with Crippen LogP contribution in [0.2, 0.25) is 0 Å². The van der Waals surface area contributed by atoms with Crippen LogP contribution >= 0.6 is 0 Å². The maximum Gasteiger partial charge on any atom is 0.243 e. The van der Waals surface area contributed by atoms with E-state index in [2.05, 4.69) is 18.9 Å². The van der Waals surface area contributed by atoms with Crippen molar-refractivity contribution in [3.63, 3.8) is 0 Å². The van der Waals surface area contributed by atoms with Gasteiger partial charge in [-0.2, -0.15) is 0 Å². The van der Waals surface area contributed by atoms with Crippen molar-refractivity contribution in [2.75, 3.05) is 39.9 Å². The summed E-state index contributed by atoms with van der Waals surface area (Å²) in [6.45, 7) is 5.95. The largest absolute Gasteiger partial charge is 0.381 e. The Kier molecular flexibility index (Phi) is 3.70. The van der Waals surface area contributed by atoms with Crippen LogP contribution in [0.5, 0.6) is 0 Å². The van der Waals surface area contributed by atoms with Crippen LogP contribution in [0.4, 0.5) is 0 Å². The third-order valence-electron chi connectivity index (χ3n) is 3.90. The zero-order valence-corrected chi connectivity index (χ0v) is 10.8. The SMILES string of the molecule is CC1CN(C)CCN1C(=O)C1(N)CCOCC1. The molecule has 0 bridgehead atoms. The number of carbonyl (C=O) groups is 1. The summed E-state index contributed by atoms with van der Waals surface area (Å²) in [7, 11) is 2.09. The first-order valence-electron chi connectivity index (χ1n) is 6.39. The standard InChI is InChI=1S/C12H23N3O2/c1-10-9-14(2)5-6-15(10)11(16)12(13)3-7-17-8-4-12/h10H,3-9,13H2,1-2H3. The topological polar surface area (TPSA) is 58.8 Å². The summed E-state index contributed by atoms with van der Waals surface area (Å²) < 4.78 is 5.29. The molecule has 98 valence electrons. The average Bonchev–Trinajstić information content (AvgIpc) is 2.29. The van der Waals surface area contributed by atoms with Gasteiger partial charge in [0.2, 0.25) is 5.91 Å². The molecule has 1 amide bonds. The van der Waals surface area contributed by atoms with E-state index in [0.717, 1.165) is 19.6 Å².